The van der Waals surface area contributed by atoms with Gasteiger partial charge in [-0.1, -0.05) is 73.5 Å². The molecule has 0 aromatic heterocycles. The van der Waals surface area contributed by atoms with Crippen LogP contribution >= 0.6 is 23.8 Å². The Bertz CT molecular complexity index is 871. The first-order valence-corrected chi connectivity index (χ1v) is 15.4. The monoisotopic (exact) mass is 512 g/mol. The predicted molar refractivity (Wildman–Crippen MR) is 153 cm³/mol. The molecule has 4 heteroatoms. The van der Waals surface area contributed by atoms with E-state index in [1.807, 2.05) is 0 Å². The van der Waals surface area contributed by atoms with Crippen LogP contribution in [0.15, 0.2) is 42.0 Å². The lowest BCUT2D eigenvalue weighted by molar-refractivity contribution is 0.00536. The highest BCUT2D eigenvalue weighted by Gasteiger charge is 2.61. The van der Waals surface area contributed by atoms with E-state index in [0.717, 1.165) is 25.1 Å². The van der Waals surface area contributed by atoms with E-state index in [0.29, 0.717) is 29.3 Å². The van der Waals surface area contributed by atoms with E-state index in [1.54, 1.807) is 11.1 Å². The third-order valence-electron chi connectivity index (χ3n) is 9.86. The van der Waals surface area contributed by atoms with Crippen molar-refractivity contribution >= 4 is 28.8 Å². The van der Waals surface area contributed by atoms with Gasteiger partial charge in [-0.15, -0.1) is 11.6 Å². The molecule has 5 aliphatic rings. The predicted octanol–water partition coefficient (Wildman–Crippen LogP) is 7.83. The van der Waals surface area contributed by atoms with Gasteiger partial charge in [0.05, 0.1) is 4.99 Å². The summed E-state index contributed by atoms with van der Waals surface area (Å²) in [6.07, 6.45) is 21.4. The number of hydrogen-bond acceptors (Lipinski definition) is 2. The first kappa shape index (κ1) is 25.7. The van der Waals surface area contributed by atoms with Gasteiger partial charge in [-0.25, -0.2) is 0 Å². The smallest absolute Gasteiger partial charge is 0.0818 e. The van der Waals surface area contributed by atoms with Gasteiger partial charge in [0.2, 0.25) is 0 Å². The van der Waals surface area contributed by atoms with Crippen molar-refractivity contribution in [1.82, 2.24) is 5.32 Å². The molecular formula is C31H45ClN2S. The van der Waals surface area contributed by atoms with Crippen LogP contribution < -0.4 is 11.1 Å². The van der Waals surface area contributed by atoms with Gasteiger partial charge in [-0.05, 0) is 99.9 Å². The van der Waals surface area contributed by atoms with Crippen molar-refractivity contribution in [1.29, 1.82) is 0 Å². The average molecular weight is 513 g/mol. The van der Waals surface area contributed by atoms with Crippen LogP contribution in [-0.2, 0) is 5.41 Å². The van der Waals surface area contributed by atoms with Crippen LogP contribution in [0.5, 0.6) is 0 Å². The first-order chi connectivity index (χ1) is 17.0. The number of nitrogens with one attached hydrogen (secondary N) is 1. The fourth-order valence-corrected chi connectivity index (χ4v) is 8.90. The van der Waals surface area contributed by atoms with E-state index >= 15 is 0 Å². The number of thiocarbonyl (C=S) groups is 1. The average Bonchev–Trinajstić information content (AvgIpc) is 2.86. The molecule has 192 valence electrons. The molecule has 0 heterocycles. The van der Waals surface area contributed by atoms with Gasteiger partial charge in [-0.2, -0.15) is 0 Å². The number of halogens is 1. The molecule has 0 aliphatic heterocycles. The minimum Gasteiger partial charge on any atom is -0.376 e. The van der Waals surface area contributed by atoms with Crippen molar-refractivity contribution in [2.45, 2.75) is 114 Å². The number of benzene rings is 1. The molecule has 4 bridgehead atoms. The zero-order valence-electron chi connectivity index (χ0n) is 21.5. The van der Waals surface area contributed by atoms with E-state index in [2.05, 4.69) is 41.7 Å². The van der Waals surface area contributed by atoms with Crippen molar-refractivity contribution in [3.8, 4) is 0 Å². The van der Waals surface area contributed by atoms with Crippen molar-refractivity contribution in [3.63, 3.8) is 0 Å². The fourth-order valence-electron chi connectivity index (χ4n) is 8.31. The molecule has 2 atom stereocenters. The van der Waals surface area contributed by atoms with Crippen LogP contribution in [0.3, 0.4) is 0 Å². The Morgan fingerprint density at radius 3 is 2.29 bits per heavy atom. The first-order valence-electron chi connectivity index (χ1n) is 14.4. The van der Waals surface area contributed by atoms with Gasteiger partial charge in [0, 0.05) is 23.4 Å². The van der Waals surface area contributed by atoms with E-state index in [9.17, 15) is 0 Å². The molecule has 0 spiro atoms. The number of hydrogen-bond donors (Lipinski definition) is 2. The van der Waals surface area contributed by atoms with Crippen LogP contribution in [0.25, 0.3) is 0 Å². The Kier molecular flexibility index (Phi) is 8.26. The molecule has 2 unspecified atom stereocenters. The minimum absolute atomic E-state index is 0.176. The molecule has 35 heavy (non-hydrogen) atoms. The van der Waals surface area contributed by atoms with Gasteiger partial charge in [0.25, 0.3) is 0 Å². The highest BCUT2D eigenvalue weighted by molar-refractivity contribution is 7.80. The molecule has 0 radical (unpaired) electrons. The molecular weight excluding hydrogens is 468 g/mol. The van der Waals surface area contributed by atoms with Crippen LogP contribution in [0.2, 0.25) is 0 Å². The summed E-state index contributed by atoms with van der Waals surface area (Å²) in [5.41, 5.74) is 10.0. The summed E-state index contributed by atoms with van der Waals surface area (Å²) in [5, 5.41) is 3.90. The Morgan fingerprint density at radius 1 is 0.943 bits per heavy atom. The van der Waals surface area contributed by atoms with Crippen molar-refractivity contribution in [3.05, 3.63) is 47.5 Å². The van der Waals surface area contributed by atoms with E-state index < -0.39 is 0 Å². The Balaban J connectivity index is 1.31. The zero-order valence-corrected chi connectivity index (χ0v) is 23.0. The molecule has 2 nitrogen and oxygen atoms in total. The lowest BCUT2D eigenvalue weighted by atomic mass is 9.41. The molecule has 5 saturated carbocycles. The molecule has 1 aromatic carbocycles. The largest absolute Gasteiger partial charge is 0.376 e. The number of rotatable bonds is 10. The highest BCUT2D eigenvalue weighted by Crippen LogP contribution is 2.67. The Morgan fingerprint density at radius 2 is 1.60 bits per heavy atom. The summed E-state index contributed by atoms with van der Waals surface area (Å²) in [5.74, 6) is 2.21. The molecule has 0 amide bonds. The molecule has 5 aliphatic carbocycles. The summed E-state index contributed by atoms with van der Waals surface area (Å²) >= 11 is 12.1. The quantitative estimate of drug-likeness (QED) is 0.145. The molecule has 0 saturated heterocycles. The van der Waals surface area contributed by atoms with E-state index in [4.69, 9.17) is 29.6 Å². The minimum atomic E-state index is 0.176. The van der Waals surface area contributed by atoms with Gasteiger partial charge >= 0.3 is 0 Å². The lowest BCUT2D eigenvalue weighted by Crippen LogP contribution is -2.60. The SMILES string of the molecule is NC1CCC(NC(=S)C23CC4CC(c5ccccc5)(CC(C2)C4=CCCCCCCCCl)C3)CC1. The molecule has 6 rings (SSSR count). The maximum Gasteiger partial charge on any atom is 0.0818 e. The third kappa shape index (κ3) is 5.53. The second-order valence-electron chi connectivity index (χ2n) is 12.3. The van der Waals surface area contributed by atoms with Gasteiger partial charge in [0.15, 0.2) is 0 Å². The number of unbranched alkanes of at least 4 members (excludes halogenated alkanes) is 5. The van der Waals surface area contributed by atoms with E-state index in [-0.39, 0.29) is 5.41 Å². The lowest BCUT2D eigenvalue weighted by Gasteiger charge is -2.63. The summed E-state index contributed by atoms with van der Waals surface area (Å²) in [7, 11) is 0. The standard InChI is InChI=1S/C31H45ClN2S/c32-17-9-4-2-1-3-8-12-28-23-18-30(25-10-6-5-7-11-25)19-24(28)21-31(20-23,22-30)29(35)34-27-15-13-26(33)14-16-27/h5-7,10-12,23-24,26-27H,1-4,8-9,13-22,33H2,(H,34,35). The second-order valence-corrected chi connectivity index (χ2v) is 13.1. The van der Waals surface area contributed by atoms with Gasteiger partial charge in [-0.3, -0.25) is 0 Å². The third-order valence-corrected chi connectivity index (χ3v) is 10.7. The van der Waals surface area contributed by atoms with Crippen molar-refractivity contribution in [2.24, 2.45) is 23.0 Å². The van der Waals surface area contributed by atoms with Gasteiger partial charge in [0.1, 0.15) is 0 Å². The van der Waals surface area contributed by atoms with Crippen LogP contribution in [0.1, 0.15) is 102 Å². The van der Waals surface area contributed by atoms with Crippen molar-refractivity contribution < 1.29 is 0 Å². The Hall–Kier alpha value is -0.900. The van der Waals surface area contributed by atoms with Gasteiger partial charge < -0.3 is 11.1 Å². The van der Waals surface area contributed by atoms with Crippen LogP contribution in [0, 0.1) is 17.3 Å². The highest BCUT2D eigenvalue weighted by atomic mass is 35.5. The summed E-state index contributed by atoms with van der Waals surface area (Å²) in [6.45, 7) is 0. The fraction of sp³-hybridized carbons (Fsp3) is 0.710. The molecule has 3 N–H and O–H groups in total. The zero-order chi connectivity index (χ0) is 24.3. The summed E-state index contributed by atoms with van der Waals surface area (Å²) in [6, 6.07) is 12.3. The molecule has 1 aromatic rings. The maximum atomic E-state index is 6.28. The van der Waals surface area contributed by atoms with Crippen molar-refractivity contribution in [2.75, 3.05) is 5.88 Å². The number of nitrogens with two attached hydrogens (primary N) is 1. The topological polar surface area (TPSA) is 38.0 Å². The van der Waals surface area contributed by atoms with Crippen LogP contribution in [-0.4, -0.2) is 23.0 Å². The Labute approximate surface area is 223 Å². The van der Waals surface area contributed by atoms with Crippen LogP contribution in [0.4, 0.5) is 0 Å². The normalized spacial score (nSPS) is 35.8. The summed E-state index contributed by atoms with van der Waals surface area (Å²) in [4.78, 5) is 1.19. The second kappa shape index (κ2) is 11.2. The number of alkyl halides is 1. The maximum absolute atomic E-state index is 6.28. The summed E-state index contributed by atoms with van der Waals surface area (Å²) < 4.78 is 0. The number of allylic oxidation sites excluding steroid dienone is 2. The molecule has 5 fully saturated rings. The van der Waals surface area contributed by atoms with E-state index in [1.165, 1.54) is 82.0 Å².